The van der Waals surface area contributed by atoms with Crippen LogP contribution >= 0.6 is 11.3 Å². The molecule has 0 amide bonds. The fourth-order valence-electron chi connectivity index (χ4n) is 2.28. The minimum Gasteiger partial charge on any atom is -0.342 e. The van der Waals surface area contributed by atoms with Gasteiger partial charge in [0.05, 0.1) is 0 Å². The molecule has 1 aliphatic heterocycles. The Morgan fingerprint density at radius 1 is 1.53 bits per heavy atom. The quantitative estimate of drug-likeness (QED) is 0.905. The molecule has 1 aliphatic rings. The van der Waals surface area contributed by atoms with Crippen LogP contribution in [0.2, 0.25) is 0 Å². The Kier molecular flexibility index (Phi) is 3.88. The molecule has 7 heteroatoms. The van der Waals surface area contributed by atoms with Gasteiger partial charge in [-0.1, -0.05) is 18.3 Å². The van der Waals surface area contributed by atoms with Crippen molar-refractivity contribution in [1.82, 2.24) is 10.2 Å². The van der Waals surface area contributed by atoms with Crippen molar-refractivity contribution in [2.24, 2.45) is 11.7 Å². The number of nitrogens with zero attached hydrogens (tertiary/aromatic N) is 3. The lowest BCUT2D eigenvalue weighted by Gasteiger charge is -2.39. The summed E-state index contributed by atoms with van der Waals surface area (Å²) in [5, 5.41) is 7.73. The van der Waals surface area contributed by atoms with Crippen molar-refractivity contribution in [3.63, 3.8) is 0 Å². The largest absolute Gasteiger partial charge is 0.342 e. The number of anilines is 1. The van der Waals surface area contributed by atoms with Gasteiger partial charge in [-0.15, -0.1) is 10.2 Å². The van der Waals surface area contributed by atoms with Crippen LogP contribution < -0.4 is 10.6 Å². The summed E-state index contributed by atoms with van der Waals surface area (Å²) in [6, 6.07) is 0.183. The fourth-order valence-corrected chi connectivity index (χ4v) is 3.06. The Labute approximate surface area is 103 Å². The third kappa shape index (κ3) is 2.55. The number of piperidine rings is 1. The van der Waals surface area contributed by atoms with Gasteiger partial charge in [0.15, 0.2) is 5.01 Å². The van der Waals surface area contributed by atoms with E-state index in [1.165, 1.54) is 0 Å². The van der Waals surface area contributed by atoms with E-state index >= 15 is 0 Å². The maximum absolute atomic E-state index is 12.5. The maximum Gasteiger partial charge on any atom is 0.291 e. The van der Waals surface area contributed by atoms with Crippen LogP contribution in [-0.4, -0.2) is 29.3 Å². The highest BCUT2D eigenvalue weighted by Crippen LogP contribution is 2.32. The van der Waals surface area contributed by atoms with Gasteiger partial charge >= 0.3 is 0 Å². The first kappa shape index (κ1) is 12.6. The number of halogens is 2. The van der Waals surface area contributed by atoms with Crippen LogP contribution in [-0.2, 0) is 0 Å². The average Bonchev–Trinajstić information content (AvgIpc) is 2.77. The first-order chi connectivity index (χ1) is 8.13. The summed E-state index contributed by atoms with van der Waals surface area (Å²) in [5.74, 6) is 0.465. The lowest BCUT2D eigenvalue weighted by Crippen LogP contribution is -2.48. The van der Waals surface area contributed by atoms with Crippen molar-refractivity contribution in [3.05, 3.63) is 5.01 Å². The molecule has 2 N–H and O–H groups in total. The fraction of sp³-hybridized carbons (Fsp3) is 0.800. The van der Waals surface area contributed by atoms with E-state index in [-0.39, 0.29) is 11.0 Å². The van der Waals surface area contributed by atoms with Gasteiger partial charge in [-0.2, -0.15) is 0 Å². The molecule has 0 spiro atoms. The molecule has 4 nitrogen and oxygen atoms in total. The first-order valence-electron chi connectivity index (χ1n) is 5.71. The normalized spacial score (nSPS) is 25.6. The Hall–Kier alpha value is -0.820. The van der Waals surface area contributed by atoms with Gasteiger partial charge in [-0.25, -0.2) is 8.78 Å². The summed E-state index contributed by atoms with van der Waals surface area (Å²) in [4.78, 5) is 2.03. The number of alkyl halides is 2. The Morgan fingerprint density at radius 2 is 2.29 bits per heavy atom. The first-order valence-corrected chi connectivity index (χ1v) is 6.53. The van der Waals surface area contributed by atoms with Crippen LogP contribution in [0.4, 0.5) is 13.9 Å². The van der Waals surface area contributed by atoms with Gasteiger partial charge in [0.1, 0.15) is 0 Å². The molecule has 96 valence electrons. The predicted molar refractivity (Wildman–Crippen MR) is 63.5 cm³/mol. The van der Waals surface area contributed by atoms with Crippen molar-refractivity contribution >= 4 is 16.5 Å². The molecule has 0 aliphatic carbocycles. The summed E-state index contributed by atoms with van der Waals surface area (Å²) >= 11 is 0.967. The molecule has 1 aromatic rings. The molecule has 0 bridgehead atoms. The monoisotopic (exact) mass is 262 g/mol. The van der Waals surface area contributed by atoms with Crippen LogP contribution in [0.3, 0.4) is 0 Å². The predicted octanol–water partition coefficient (Wildman–Crippen LogP) is 2.04. The Morgan fingerprint density at radius 3 is 2.88 bits per heavy atom. The topological polar surface area (TPSA) is 55.0 Å². The smallest absolute Gasteiger partial charge is 0.291 e. The molecule has 2 unspecified atom stereocenters. The third-order valence-electron chi connectivity index (χ3n) is 3.22. The number of hydrogen-bond acceptors (Lipinski definition) is 5. The van der Waals surface area contributed by atoms with Gasteiger partial charge in [-0.05, 0) is 18.8 Å². The molecular weight excluding hydrogens is 246 g/mol. The molecule has 1 fully saturated rings. The number of nitrogens with two attached hydrogens (primary N) is 1. The Bertz CT molecular complexity index is 371. The van der Waals surface area contributed by atoms with E-state index in [1.54, 1.807) is 0 Å². The highest BCUT2D eigenvalue weighted by Gasteiger charge is 2.30. The summed E-state index contributed by atoms with van der Waals surface area (Å²) in [5.41, 5.74) is 5.75. The molecule has 0 aromatic carbocycles. The lowest BCUT2D eigenvalue weighted by atomic mass is 9.91. The molecule has 0 radical (unpaired) electrons. The summed E-state index contributed by atoms with van der Waals surface area (Å²) in [7, 11) is 0. The van der Waals surface area contributed by atoms with E-state index in [4.69, 9.17) is 5.73 Å². The zero-order valence-electron chi connectivity index (χ0n) is 9.64. The zero-order chi connectivity index (χ0) is 12.4. The zero-order valence-corrected chi connectivity index (χ0v) is 10.5. The van der Waals surface area contributed by atoms with E-state index in [9.17, 15) is 8.78 Å². The molecular formula is C10H16F2N4S. The molecule has 2 heterocycles. The highest BCUT2D eigenvalue weighted by molar-refractivity contribution is 7.15. The molecule has 17 heavy (non-hydrogen) atoms. The minimum absolute atomic E-state index is 0.183. The van der Waals surface area contributed by atoms with Gasteiger partial charge in [0.25, 0.3) is 6.43 Å². The van der Waals surface area contributed by atoms with Gasteiger partial charge < -0.3 is 10.6 Å². The van der Waals surface area contributed by atoms with E-state index in [1.807, 2.05) is 4.90 Å². The SMILES string of the molecule is CC1CCCN(c2nnc(C(F)F)s2)C1CN. The van der Waals surface area contributed by atoms with E-state index < -0.39 is 6.43 Å². The van der Waals surface area contributed by atoms with Crippen LogP contribution in [0, 0.1) is 5.92 Å². The van der Waals surface area contributed by atoms with Crippen molar-refractivity contribution in [3.8, 4) is 0 Å². The van der Waals surface area contributed by atoms with Gasteiger partial charge in [-0.3, -0.25) is 0 Å². The number of rotatable bonds is 3. The number of aromatic nitrogens is 2. The highest BCUT2D eigenvalue weighted by atomic mass is 32.1. The second-order valence-electron chi connectivity index (χ2n) is 4.34. The molecule has 2 rings (SSSR count). The number of hydrogen-bond donors (Lipinski definition) is 1. The van der Waals surface area contributed by atoms with Crippen LogP contribution in [0.15, 0.2) is 0 Å². The third-order valence-corrected chi connectivity index (χ3v) is 4.19. The maximum atomic E-state index is 12.5. The second-order valence-corrected chi connectivity index (χ2v) is 5.33. The lowest BCUT2D eigenvalue weighted by molar-refractivity contribution is 0.150. The molecule has 1 saturated heterocycles. The summed E-state index contributed by atoms with van der Waals surface area (Å²) in [6.07, 6.45) is -0.375. The van der Waals surface area contributed by atoms with Crippen molar-refractivity contribution < 1.29 is 8.78 Å². The van der Waals surface area contributed by atoms with E-state index in [0.717, 1.165) is 30.7 Å². The van der Waals surface area contributed by atoms with Crippen molar-refractivity contribution in [2.45, 2.75) is 32.2 Å². The Balaban J connectivity index is 2.18. The van der Waals surface area contributed by atoms with Gasteiger partial charge in [0.2, 0.25) is 5.13 Å². The summed E-state index contributed by atoms with van der Waals surface area (Å²) < 4.78 is 24.9. The van der Waals surface area contributed by atoms with E-state index in [2.05, 4.69) is 17.1 Å². The second kappa shape index (κ2) is 5.22. The average molecular weight is 262 g/mol. The van der Waals surface area contributed by atoms with Crippen molar-refractivity contribution in [1.29, 1.82) is 0 Å². The van der Waals surface area contributed by atoms with Crippen molar-refractivity contribution in [2.75, 3.05) is 18.0 Å². The van der Waals surface area contributed by atoms with Crippen LogP contribution in [0.1, 0.15) is 31.2 Å². The van der Waals surface area contributed by atoms with Crippen LogP contribution in [0.25, 0.3) is 0 Å². The minimum atomic E-state index is -2.54. The molecule has 2 atom stereocenters. The standard InChI is InChI=1S/C10H16F2N4S/c1-6-3-2-4-16(7(6)5-13)10-15-14-9(17-10)8(11)12/h6-8H,2-5,13H2,1H3. The van der Waals surface area contributed by atoms with E-state index in [0.29, 0.717) is 17.6 Å². The molecule has 0 saturated carbocycles. The van der Waals surface area contributed by atoms with Crippen LogP contribution in [0.5, 0.6) is 0 Å². The van der Waals surface area contributed by atoms with Gasteiger partial charge in [0, 0.05) is 19.1 Å². The summed E-state index contributed by atoms with van der Waals surface area (Å²) in [6.45, 7) is 3.48. The molecule has 1 aromatic heterocycles.